The number of fused-ring (bicyclic) bond motifs is 1. The van der Waals surface area contributed by atoms with Crippen LogP contribution >= 0.6 is 0 Å². The number of hydrogen-bond donors (Lipinski definition) is 1. The van der Waals surface area contributed by atoms with Crippen LogP contribution in [-0.2, 0) is 11.2 Å². The van der Waals surface area contributed by atoms with E-state index < -0.39 is 0 Å². The lowest BCUT2D eigenvalue weighted by atomic mass is 9.62. The van der Waals surface area contributed by atoms with E-state index >= 15 is 0 Å². The first-order valence-electron chi connectivity index (χ1n) is 8.38. The highest BCUT2D eigenvalue weighted by molar-refractivity contribution is 5.82. The number of carbonyl (C=O) groups is 1. The zero-order valence-electron chi connectivity index (χ0n) is 13.5. The van der Waals surface area contributed by atoms with Crippen molar-refractivity contribution in [2.24, 2.45) is 17.3 Å². The molecular weight excluding hydrogens is 276 g/mol. The topological polar surface area (TPSA) is 46.5 Å². The van der Waals surface area contributed by atoms with Crippen molar-refractivity contribution in [3.8, 4) is 5.75 Å². The molecule has 0 heterocycles. The van der Waals surface area contributed by atoms with Gasteiger partial charge in [-0.25, -0.2) is 0 Å². The fourth-order valence-corrected chi connectivity index (χ4v) is 4.57. The SMILES string of the molecule is COc1cccc(CCC2C(=O)CC[C@@]3(C)C2CC[C@@H]3O)c1. The number of methoxy groups -OCH3 is 1. The lowest BCUT2D eigenvalue weighted by molar-refractivity contribution is -0.133. The van der Waals surface area contributed by atoms with Crippen molar-refractivity contribution in [3.05, 3.63) is 29.8 Å². The van der Waals surface area contributed by atoms with Gasteiger partial charge in [0.1, 0.15) is 11.5 Å². The second-order valence-corrected chi connectivity index (χ2v) is 7.17. The van der Waals surface area contributed by atoms with Crippen molar-refractivity contribution in [1.29, 1.82) is 0 Å². The third-order valence-electron chi connectivity index (χ3n) is 6.05. The number of aryl methyl sites for hydroxylation is 1. The lowest BCUT2D eigenvalue weighted by Crippen LogP contribution is -2.43. The Balaban J connectivity index is 1.71. The molecule has 0 bridgehead atoms. The number of aliphatic hydroxyl groups excluding tert-OH is 1. The number of benzene rings is 1. The molecule has 1 aromatic rings. The van der Waals surface area contributed by atoms with Gasteiger partial charge in [-0.2, -0.15) is 0 Å². The van der Waals surface area contributed by atoms with Gasteiger partial charge in [-0.1, -0.05) is 19.1 Å². The fourth-order valence-electron chi connectivity index (χ4n) is 4.57. The monoisotopic (exact) mass is 302 g/mol. The van der Waals surface area contributed by atoms with Gasteiger partial charge in [0.05, 0.1) is 13.2 Å². The maximum Gasteiger partial charge on any atom is 0.136 e. The van der Waals surface area contributed by atoms with E-state index in [-0.39, 0.29) is 17.4 Å². The van der Waals surface area contributed by atoms with E-state index in [9.17, 15) is 9.90 Å². The molecule has 3 heteroatoms. The molecule has 2 fully saturated rings. The molecule has 22 heavy (non-hydrogen) atoms. The summed E-state index contributed by atoms with van der Waals surface area (Å²) in [6, 6.07) is 8.09. The van der Waals surface area contributed by atoms with Gasteiger partial charge < -0.3 is 9.84 Å². The van der Waals surface area contributed by atoms with Crippen LogP contribution in [0, 0.1) is 17.3 Å². The minimum absolute atomic E-state index is 0.0487. The highest BCUT2D eigenvalue weighted by atomic mass is 16.5. The molecule has 1 aromatic carbocycles. The summed E-state index contributed by atoms with van der Waals surface area (Å²) >= 11 is 0. The van der Waals surface area contributed by atoms with Crippen LogP contribution in [0.25, 0.3) is 0 Å². The zero-order valence-corrected chi connectivity index (χ0v) is 13.5. The van der Waals surface area contributed by atoms with Gasteiger partial charge in [-0.15, -0.1) is 0 Å². The first-order chi connectivity index (χ1) is 10.5. The van der Waals surface area contributed by atoms with E-state index in [1.807, 2.05) is 12.1 Å². The van der Waals surface area contributed by atoms with E-state index in [0.29, 0.717) is 18.1 Å². The molecule has 0 saturated heterocycles. The number of ether oxygens (including phenoxy) is 1. The fraction of sp³-hybridized carbons (Fsp3) is 0.632. The average molecular weight is 302 g/mol. The van der Waals surface area contributed by atoms with E-state index in [0.717, 1.165) is 37.9 Å². The Kier molecular flexibility index (Phi) is 4.26. The summed E-state index contributed by atoms with van der Waals surface area (Å²) in [6.45, 7) is 2.18. The van der Waals surface area contributed by atoms with Crippen molar-refractivity contribution >= 4 is 5.78 Å². The third-order valence-corrected chi connectivity index (χ3v) is 6.05. The molecule has 2 unspecified atom stereocenters. The number of rotatable bonds is 4. The number of hydrogen-bond acceptors (Lipinski definition) is 3. The van der Waals surface area contributed by atoms with Gasteiger partial charge >= 0.3 is 0 Å². The van der Waals surface area contributed by atoms with E-state index in [4.69, 9.17) is 4.74 Å². The van der Waals surface area contributed by atoms with Gasteiger partial charge in [0, 0.05) is 12.3 Å². The van der Waals surface area contributed by atoms with Gasteiger partial charge in [0.25, 0.3) is 0 Å². The summed E-state index contributed by atoms with van der Waals surface area (Å²) in [7, 11) is 1.68. The molecule has 2 aliphatic rings. The van der Waals surface area contributed by atoms with E-state index in [2.05, 4.69) is 19.1 Å². The van der Waals surface area contributed by atoms with Crippen LogP contribution < -0.4 is 4.74 Å². The predicted molar refractivity (Wildman–Crippen MR) is 85.9 cm³/mol. The Hall–Kier alpha value is -1.35. The van der Waals surface area contributed by atoms with Gasteiger partial charge in [0.15, 0.2) is 0 Å². The van der Waals surface area contributed by atoms with Crippen LogP contribution in [0.2, 0.25) is 0 Å². The molecule has 3 nitrogen and oxygen atoms in total. The summed E-state index contributed by atoms with van der Waals surface area (Å²) in [5, 5.41) is 10.3. The lowest BCUT2D eigenvalue weighted by Gasteiger charge is -2.42. The molecule has 0 aliphatic heterocycles. The Morgan fingerprint density at radius 2 is 2.18 bits per heavy atom. The van der Waals surface area contributed by atoms with Crippen molar-refractivity contribution in [1.82, 2.24) is 0 Å². The first kappa shape index (κ1) is 15.5. The zero-order chi connectivity index (χ0) is 15.7. The molecular formula is C19H26O3. The summed E-state index contributed by atoms with van der Waals surface area (Å²) < 4.78 is 5.27. The van der Waals surface area contributed by atoms with Crippen LogP contribution in [0.5, 0.6) is 5.75 Å². The largest absolute Gasteiger partial charge is 0.497 e. The van der Waals surface area contributed by atoms with Crippen molar-refractivity contribution in [2.75, 3.05) is 7.11 Å². The van der Waals surface area contributed by atoms with E-state index in [1.54, 1.807) is 7.11 Å². The minimum atomic E-state index is -0.232. The number of carbonyl (C=O) groups excluding carboxylic acids is 1. The Morgan fingerprint density at radius 1 is 1.36 bits per heavy atom. The molecule has 2 saturated carbocycles. The first-order valence-corrected chi connectivity index (χ1v) is 8.38. The second-order valence-electron chi connectivity index (χ2n) is 7.17. The number of Topliss-reactive ketones (excluding diaryl/α,β-unsaturated/α-hetero) is 1. The minimum Gasteiger partial charge on any atom is -0.497 e. The smallest absolute Gasteiger partial charge is 0.136 e. The van der Waals surface area contributed by atoms with Crippen LogP contribution in [0.15, 0.2) is 24.3 Å². The van der Waals surface area contributed by atoms with Gasteiger partial charge in [-0.05, 0) is 61.1 Å². The molecule has 120 valence electrons. The standard InChI is InChI=1S/C19H26O3/c1-19-11-10-17(20)15(16(19)8-9-18(19)21)7-6-13-4-3-5-14(12-13)22-2/h3-5,12,15-16,18,21H,6-11H2,1-2H3/t15?,16?,18-,19-/m0/s1. The van der Waals surface area contributed by atoms with Gasteiger partial charge in [-0.3, -0.25) is 4.79 Å². The molecule has 0 amide bonds. The summed E-state index contributed by atoms with van der Waals surface area (Å²) in [6.07, 6.45) is 4.89. The molecule has 2 aliphatic carbocycles. The number of aliphatic hydroxyl groups is 1. The molecule has 4 atom stereocenters. The van der Waals surface area contributed by atoms with E-state index in [1.165, 1.54) is 5.56 Å². The average Bonchev–Trinajstić information content (AvgIpc) is 2.83. The van der Waals surface area contributed by atoms with Crippen LogP contribution in [0.1, 0.15) is 44.6 Å². The summed E-state index contributed by atoms with van der Waals surface area (Å²) in [5.74, 6) is 1.74. The maximum absolute atomic E-state index is 12.4. The quantitative estimate of drug-likeness (QED) is 0.927. The van der Waals surface area contributed by atoms with Crippen molar-refractivity contribution in [3.63, 3.8) is 0 Å². The Labute approximate surface area is 132 Å². The second kappa shape index (κ2) is 6.04. The Bertz CT molecular complexity index is 553. The highest BCUT2D eigenvalue weighted by Crippen LogP contribution is 2.54. The molecule has 1 N–H and O–H groups in total. The Morgan fingerprint density at radius 3 is 2.95 bits per heavy atom. The number of ketones is 1. The van der Waals surface area contributed by atoms with Crippen LogP contribution in [0.4, 0.5) is 0 Å². The van der Waals surface area contributed by atoms with Crippen molar-refractivity contribution in [2.45, 2.75) is 51.6 Å². The molecule has 0 radical (unpaired) electrons. The van der Waals surface area contributed by atoms with Crippen molar-refractivity contribution < 1.29 is 14.6 Å². The molecule has 0 spiro atoms. The predicted octanol–water partition coefficient (Wildman–Crippen LogP) is 3.38. The normalized spacial score (nSPS) is 34.5. The highest BCUT2D eigenvalue weighted by Gasteiger charge is 2.52. The molecule has 3 rings (SSSR count). The summed E-state index contributed by atoms with van der Waals surface area (Å²) in [4.78, 5) is 12.4. The maximum atomic E-state index is 12.4. The summed E-state index contributed by atoms with van der Waals surface area (Å²) in [5.41, 5.74) is 1.17. The molecule has 0 aromatic heterocycles. The van der Waals surface area contributed by atoms with Crippen LogP contribution in [0.3, 0.4) is 0 Å². The van der Waals surface area contributed by atoms with Crippen LogP contribution in [-0.4, -0.2) is 24.1 Å². The van der Waals surface area contributed by atoms with Gasteiger partial charge in [0.2, 0.25) is 0 Å². The third kappa shape index (κ3) is 2.67.